The number of primary amides is 1. The molecule has 0 radical (unpaired) electrons. The van der Waals surface area contributed by atoms with Crippen LogP contribution < -0.4 is 10.5 Å². The second kappa shape index (κ2) is 9.60. The Kier molecular flexibility index (Phi) is 7.75. The van der Waals surface area contributed by atoms with Gasteiger partial charge in [-0.2, -0.15) is 0 Å². The molecule has 0 atom stereocenters. The van der Waals surface area contributed by atoms with Crippen LogP contribution >= 0.6 is 0 Å². The molecule has 0 heterocycles. The normalized spacial score (nSPS) is 10.0. The van der Waals surface area contributed by atoms with E-state index in [2.05, 4.69) is 6.58 Å². The zero-order chi connectivity index (χ0) is 16.4. The van der Waals surface area contributed by atoms with E-state index in [1.165, 1.54) is 0 Å². The van der Waals surface area contributed by atoms with E-state index in [-0.39, 0.29) is 11.9 Å². The second-order valence-electron chi connectivity index (χ2n) is 5.08. The fourth-order valence-corrected chi connectivity index (χ4v) is 1.70. The Morgan fingerprint density at radius 1 is 1.14 bits per heavy atom. The molecule has 1 aromatic carbocycles. The van der Waals surface area contributed by atoms with Crippen molar-refractivity contribution in [1.82, 2.24) is 0 Å². The van der Waals surface area contributed by atoms with Crippen molar-refractivity contribution in [3.63, 3.8) is 0 Å². The molecule has 22 heavy (non-hydrogen) atoms. The van der Waals surface area contributed by atoms with Gasteiger partial charge >= 0.3 is 5.97 Å². The van der Waals surface area contributed by atoms with Crippen LogP contribution in [0.25, 0.3) is 0 Å². The zero-order valence-electron chi connectivity index (χ0n) is 13.0. The van der Waals surface area contributed by atoms with Crippen molar-refractivity contribution in [3.05, 3.63) is 42.0 Å². The fourth-order valence-electron chi connectivity index (χ4n) is 1.70. The highest BCUT2D eigenvalue weighted by atomic mass is 16.5. The van der Waals surface area contributed by atoms with Crippen LogP contribution in [0, 0.1) is 0 Å². The zero-order valence-corrected chi connectivity index (χ0v) is 13.0. The first kappa shape index (κ1) is 17.8. The number of unbranched alkanes of at least 4 members (excludes halogenated alkanes) is 1. The topological polar surface area (TPSA) is 78.6 Å². The quantitative estimate of drug-likeness (QED) is 0.409. The number of nitrogens with two attached hydrogens (primary N) is 1. The molecule has 5 nitrogen and oxygen atoms in total. The van der Waals surface area contributed by atoms with Gasteiger partial charge in [0.05, 0.1) is 13.2 Å². The maximum absolute atomic E-state index is 11.1. The molecule has 0 saturated heterocycles. The summed E-state index contributed by atoms with van der Waals surface area (Å²) in [6.45, 7) is 6.08. The largest absolute Gasteiger partial charge is 0.494 e. The molecular weight excluding hydrogens is 282 g/mol. The van der Waals surface area contributed by atoms with Crippen LogP contribution in [-0.4, -0.2) is 25.1 Å². The van der Waals surface area contributed by atoms with E-state index in [1.54, 1.807) is 6.92 Å². The molecule has 0 spiro atoms. The molecule has 0 aromatic heterocycles. The molecular formula is C17H23NO4. The monoisotopic (exact) mass is 305 g/mol. The molecule has 1 amide bonds. The van der Waals surface area contributed by atoms with Gasteiger partial charge in [-0.1, -0.05) is 18.7 Å². The molecule has 5 heteroatoms. The summed E-state index contributed by atoms with van der Waals surface area (Å²) in [6.07, 6.45) is 2.54. The van der Waals surface area contributed by atoms with Crippen LogP contribution in [0.15, 0.2) is 36.4 Å². The number of aryl methyl sites for hydroxylation is 1. The Bertz CT molecular complexity index is 508. The summed E-state index contributed by atoms with van der Waals surface area (Å²) in [5, 5.41) is 0. The Hall–Kier alpha value is -2.30. The lowest BCUT2D eigenvalue weighted by Gasteiger charge is -2.07. The summed E-state index contributed by atoms with van der Waals surface area (Å²) in [5.41, 5.74) is 6.57. The highest BCUT2D eigenvalue weighted by Crippen LogP contribution is 2.13. The van der Waals surface area contributed by atoms with Gasteiger partial charge in [-0.25, -0.2) is 4.79 Å². The number of rotatable bonds is 10. The van der Waals surface area contributed by atoms with Gasteiger partial charge in [0, 0.05) is 12.0 Å². The smallest absolute Gasteiger partial charge is 0.333 e. The first-order chi connectivity index (χ1) is 10.5. The lowest BCUT2D eigenvalue weighted by atomic mass is 10.1. The molecule has 0 bridgehead atoms. The minimum absolute atomic E-state index is 0.298. The van der Waals surface area contributed by atoms with E-state index in [1.807, 2.05) is 24.3 Å². The van der Waals surface area contributed by atoms with E-state index in [0.29, 0.717) is 31.6 Å². The lowest BCUT2D eigenvalue weighted by Crippen LogP contribution is -2.11. The van der Waals surface area contributed by atoms with E-state index in [0.717, 1.165) is 24.2 Å². The highest BCUT2D eigenvalue weighted by Gasteiger charge is 2.02. The van der Waals surface area contributed by atoms with Gasteiger partial charge in [-0.15, -0.1) is 0 Å². The van der Waals surface area contributed by atoms with Gasteiger partial charge in [-0.05, 0) is 43.9 Å². The predicted molar refractivity (Wildman–Crippen MR) is 84.5 cm³/mol. The third-order valence-electron chi connectivity index (χ3n) is 2.97. The number of hydrogen-bond acceptors (Lipinski definition) is 4. The maximum Gasteiger partial charge on any atom is 0.333 e. The van der Waals surface area contributed by atoms with Crippen molar-refractivity contribution in [3.8, 4) is 5.75 Å². The fraction of sp³-hybridized carbons (Fsp3) is 0.412. The van der Waals surface area contributed by atoms with Crippen LogP contribution in [-0.2, 0) is 20.7 Å². The number of carbonyl (C=O) groups excluding carboxylic acids is 2. The van der Waals surface area contributed by atoms with Crippen molar-refractivity contribution in [2.75, 3.05) is 13.2 Å². The van der Waals surface area contributed by atoms with Crippen molar-refractivity contribution in [1.29, 1.82) is 0 Å². The number of ether oxygens (including phenoxy) is 2. The minimum Gasteiger partial charge on any atom is -0.494 e. The first-order valence-corrected chi connectivity index (χ1v) is 7.31. The van der Waals surface area contributed by atoms with Gasteiger partial charge in [0.15, 0.2) is 0 Å². The number of esters is 1. The van der Waals surface area contributed by atoms with E-state index in [4.69, 9.17) is 15.2 Å². The number of benzene rings is 1. The van der Waals surface area contributed by atoms with Gasteiger partial charge in [-0.3, -0.25) is 4.79 Å². The van der Waals surface area contributed by atoms with Crippen LogP contribution in [0.4, 0.5) is 0 Å². The molecule has 0 aliphatic carbocycles. The first-order valence-electron chi connectivity index (χ1n) is 7.31. The molecule has 2 N–H and O–H groups in total. The molecule has 0 aliphatic rings. The van der Waals surface area contributed by atoms with Crippen molar-refractivity contribution in [2.24, 2.45) is 5.73 Å². The lowest BCUT2D eigenvalue weighted by molar-refractivity contribution is -0.139. The van der Waals surface area contributed by atoms with Gasteiger partial charge in [0.25, 0.3) is 0 Å². The molecule has 120 valence electrons. The van der Waals surface area contributed by atoms with Gasteiger partial charge in [0.1, 0.15) is 5.75 Å². The third-order valence-corrected chi connectivity index (χ3v) is 2.97. The molecule has 1 aromatic rings. The number of amides is 1. The maximum atomic E-state index is 11.1. The van der Waals surface area contributed by atoms with Crippen molar-refractivity contribution >= 4 is 11.9 Å². The molecule has 0 unspecified atom stereocenters. The average molecular weight is 305 g/mol. The Balaban J connectivity index is 2.16. The third kappa shape index (κ3) is 7.47. The highest BCUT2D eigenvalue weighted by molar-refractivity contribution is 5.86. The average Bonchev–Trinajstić information content (AvgIpc) is 2.49. The van der Waals surface area contributed by atoms with E-state index in [9.17, 15) is 9.59 Å². The summed E-state index contributed by atoms with van der Waals surface area (Å²) in [4.78, 5) is 21.9. The van der Waals surface area contributed by atoms with Crippen LogP contribution in [0.2, 0.25) is 0 Å². The summed E-state index contributed by atoms with van der Waals surface area (Å²) in [5.74, 6) is 0.127. The summed E-state index contributed by atoms with van der Waals surface area (Å²) >= 11 is 0. The Labute approximate surface area is 131 Å². The van der Waals surface area contributed by atoms with Crippen LogP contribution in [0.1, 0.15) is 31.7 Å². The Morgan fingerprint density at radius 2 is 1.77 bits per heavy atom. The number of carbonyl (C=O) groups is 2. The van der Waals surface area contributed by atoms with Crippen LogP contribution in [0.3, 0.4) is 0 Å². The second-order valence-corrected chi connectivity index (χ2v) is 5.08. The molecule has 0 saturated carbocycles. The Morgan fingerprint density at radius 3 is 2.36 bits per heavy atom. The van der Waals surface area contributed by atoms with Crippen molar-refractivity contribution in [2.45, 2.75) is 32.6 Å². The molecule has 0 aliphatic heterocycles. The standard InChI is InChI=1S/C17H23NO4/c1-13(2)17(20)22-12-4-3-11-21-15-8-5-14(6-9-15)7-10-16(18)19/h5-6,8-9H,1,3-4,7,10-12H2,2H3,(H2,18,19). The predicted octanol–water partition coefficient (Wildman–Crippen LogP) is 2.38. The SMILES string of the molecule is C=C(C)C(=O)OCCCCOc1ccc(CCC(N)=O)cc1. The minimum atomic E-state index is -0.354. The van der Waals surface area contributed by atoms with Gasteiger partial charge in [0.2, 0.25) is 5.91 Å². The van der Waals surface area contributed by atoms with Crippen molar-refractivity contribution < 1.29 is 19.1 Å². The van der Waals surface area contributed by atoms with Crippen LogP contribution in [0.5, 0.6) is 5.75 Å². The van der Waals surface area contributed by atoms with E-state index < -0.39 is 0 Å². The summed E-state index contributed by atoms with van der Waals surface area (Å²) < 4.78 is 10.6. The number of hydrogen-bond donors (Lipinski definition) is 1. The summed E-state index contributed by atoms with van der Waals surface area (Å²) in [7, 11) is 0. The molecule has 1 rings (SSSR count). The molecule has 0 fully saturated rings. The van der Waals surface area contributed by atoms with Gasteiger partial charge < -0.3 is 15.2 Å². The summed E-state index contributed by atoms with van der Waals surface area (Å²) in [6, 6.07) is 7.59. The van der Waals surface area contributed by atoms with E-state index >= 15 is 0 Å².